The zero-order valence-electron chi connectivity index (χ0n) is 16.2. The molecular formula is C21H29NO3S. The summed E-state index contributed by atoms with van der Waals surface area (Å²) in [5.41, 5.74) is 1.32. The molecular weight excluding hydrogens is 346 g/mol. The number of imide groups is 1. The van der Waals surface area contributed by atoms with Gasteiger partial charge in [-0.3, -0.25) is 14.5 Å². The Bertz CT molecular complexity index is 664. The molecule has 0 spiro atoms. The van der Waals surface area contributed by atoms with Crippen LogP contribution in [0.3, 0.4) is 0 Å². The first kappa shape index (κ1) is 20.6. The summed E-state index contributed by atoms with van der Waals surface area (Å²) in [6, 6.07) is 7.50. The molecule has 4 nitrogen and oxygen atoms in total. The lowest BCUT2D eigenvalue weighted by atomic mass is 10.1. The molecule has 1 aliphatic heterocycles. The fourth-order valence-electron chi connectivity index (χ4n) is 2.79. The minimum atomic E-state index is -0.169. The largest absolute Gasteiger partial charge is 0.493 e. The molecule has 0 N–H and O–H groups in total. The number of unbranched alkanes of at least 4 members (excludes halogenated alkanes) is 2. The summed E-state index contributed by atoms with van der Waals surface area (Å²) in [6.45, 7) is 9.46. The molecule has 0 saturated heterocycles. The van der Waals surface area contributed by atoms with Crippen LogP contribution in [-0.2, 0) is 9.59 Å². The minimum Gasteiger partial charge on any atom is -0.493 e. The van der Waals surface area contributed by atoms with Gasteiger partial charge in [0.15, 0.2) is 0 Å². The van der Waals surface area contributed by atoms with Gasteiger partial charge in [0.25, 0.3) is 11.8 Å². The summed E-state index contributed by atoms with van der Waals surface area (Å²) in [7, 11) is 0. The third-order valence-corrected chi connectivity index (χ3v) is 5.08. The molecule has 0 radical (unpaired) electrons. The SMILES string of the molecule is CCCCCN1C(=O)C(SCC)=C(c2ccc(OCC(C)C)cc2)C1=O. The maximum atomic E-state index is 12.9. The Kier molecular flexibility index (Phi) is 7.76. The molecule has 26 heavy (non-hydrogen) atoms. The Hall–Kier alpha value is -1.75. The highest BCUT2D eigenvalue weighted by atomic mass is 32.2. The minimum absolute atomic E-state index is 0.145. The van der Waals surface area contributed by atoms with E-state index in [-0.39, 0.29) is 11.8 Å². The van der Waals surface area contributed by atoms with Crippen molar-refractivity contribution in [2.75, 3.05) is 18.9 Å². The Morgan fingerprint density at radius 3 is 2.31 bits per heavy atom. The van der Waals surface area contributed by atoms with Gasteiger partial charge in [0.1, 0.15) is 5.75 Å². The lowest BCUT2D eigenvalue weighted by molar-refractivity contribution is -0.136. The van der Waals surface area contributed by atoms with Crippen LogP contribution in [0.5, 0.6) is 5.75 Å². The molecule has 2 amide bonds. The molecule has 1 aliphatic rings. The van der Waals surface area contributed by atoms with Crippen molar-refractivity contribution >= 4 is 29.1 Å². The number of rotatable bonds is 10. The van der Waals surface area contributed by atoms with E-state index in [0.29, 0.717) is 29.5 Å². The van der Waals surface area contributed by atoms with Crippen LogP contribution >= 0.6 is 11.8 Å². The van der Waals surface area contributed by atoms with Gasteiger partial charge >= 0.3 is 0 Å². The monoisotopic (exact) mass is 375 g/mol. The van der Waals surface area contributed by atoms with Crippen LogP contribution in [-0.4, -0.2) is 35.6 Å². The number of nitrogens with zero attached hydrogens (tertiary/aromatic N) is 1. The van der Waals surface area contributed by atoms with Crippen LogP contribution in [0.1, 0.15) is 52.5 Å². The number of hydrogen-bond acceptors (Lipinski definition) is 4. The topological polar surface area (TPSA) is 46.6 Å². The van der Waals surface area contributed by atoms with Gasteiger partial charge in [-0.1, -0.05) is 52.7 Å². The third-order valence-electron chi connectivity index (χ3n) is 4.13. The van der Waals surface area contributed by atoms with Crippen LogP contribution in [0.15, 0.2) is 29.2 Å². The van der Waals surface area contributed by atoms with E-state index in [1.165, 1.54) is 16.7 Å². The first-order valence-corrected chi connectivity index (χ1v) is 10.4. The predicted molar refractivity (Wildman–Crippen MR) is 108 cm³/mol. The molecule has 0 aromatic heterocycles. The molecule has 2 rings (SSSR count). The van der Waals surface area contributed by atoms with Gasteiger partial charge < -0.3 is 4.74 Å². The normalized spacial score (nSPS) is 14.7. The van der Waals surface area contributed by atoms with Gasteiger partial charge in [-0.2, -0.15) is 0 Å². The second-order valence-electron chi connectivity index (χ2n) is 6.84. The maximum absolute atomic E-state index is 12.9. The summed E-state index contributed by atoms with van der Waals surface area (Å²) in [5, 5.41) is 0. The number of amides is 2. The fraction of sp³-hybridized carbons (Fsp3) is 0.524. The standard InChI is InChI=1S/C21H29NO3S/c1-5-7-8-13-22-20(23)18(19(21(22)24)26-6-2)16-9-11-17(12-10-16)25-14-15(3)4/h9-12,15H,5-8,13-14H2,1-4H3. The van der Waals surface area contributed by atoms with Crippen LogP contribution in [0.25, 0.3) is 5.57 Å². The molecule has 0 fully saturated rings. The summed E-state index contributed by atoms with van der Waals surface area (Å²) in [4.78, 5) is 27.6. The Morgan fingerprint density at radius 1 is 1.04 bits per heavy atom. The van der Waals surface area contributed by atoms with Crippen molar-refractivity contribution in [3.05, 3.63) is 34.7 Å². The second-order valence-corrected chi connectivity index (χ2v) is 8.11. The van der Waals surface area contributed by atoms with E-state index in [0.717, 1.165) is 36.3 Å². The van der Waals surface area contributed by atoms with Crippen molar-refractivity contribution in [2.24, 2.45) is 5.92 Å². The lowest BCUT2D eigenvalue weighted by Gasteiger charge is -2.14. The molecule has 1 aromatic rings. The lowest BCUT2D eigenvalue weighted by Crippen LogP contribution is -2.32. The first-order chi connectivity index (χ1) is 12.5. The van der Waals surface area contributed by atoms with Crippen molar-refractivity contribution in [3.8, 4) is 5.75 Å². The molecule has 0 saturated carbocycles. The van der Waals surface area contributed by atoms with Crippen LogP contribution in [0, 0.1) is 5.92 Å². The third kappa shape index (κ3) is 4.91. The number of carbonyl (C=O) groups excluding carboxylic acids is 2. The van der Waals surface area contributed by atoms with Gasteiger partial charge in [0.2, 0.25) is 0 Å². The van der Waals surface area contributed by atoms with Gasteiger partial charge in [-0.05, 0) is 35.8 Å². The predicted octanol–water partition coefficient (Wildman–Crippen LogP) is 4.74. The summed E-state index contributed by atoms with van der Waals surface area (Å²) < 4.78 is 5.71. The molecule has 5 heteroatoms. The zero-order chi connectivity index (χ0) is 19.1. The number of hydrogen-bond donors (Lipinski definition) is 0. The summed E-state index contributed by atoms with van der Waals surface area (Å²) >= 11 is 1.45. The van der Waals surface area contributed by atoms with Gasteiger partial charge in [-0.25, -0.2) is 0 Å². The van der Waals surface area contributed by atoms with Crippen molar-refractivity contribution < 1.29 is 14.3 Å². The van der Waals surface area contributed by atoms with Crippen LogP contribution < -0.4 is 4.74 Å². The molecule has 1 heterocycles. The van der Waals surface area contributed by atoms with Crippen molar-refractivity contribution in [1.29, 1.82) is 0 Å². The average molecular weight is 376 g/mol. The Labute approximate surface area is 161 Å². The quantitative estimate of drug-likeness (QED) is 0.437. The van der Waals surface area contributed by atoms with E-state index in [4.69, 9.17) is 4.74 Å². The number of thioether (sulfide) groups is 1. The number of carbonyl (C=O) groups is 2. The van der Waals surface area contributed by atoms with Crippen LogP contribution in [0.2, 0.25) is 0 Å². The molecule has 0 aliphatic carbocycles. The first-order valence-electron chi connectivity index (χ1n) is 9.46. The van der Waals surface area contributed by atoms with E-state index in [1.807, 2.05) is 31.2 Å². The second kappa shape index (κ2) is 9.81. The highest BCUT2D eigenvalue weighted by Gasteiger charge is 2.38. The van der Waals surface area contributed by atoms with Crippen LogP contribution in [0.4, 0.5) is 0 Å². The van der Waals surface area contributed by atoms with E-state index in [1.54, 1.807) is 0 Å². The highest BCUT2D eigenvalue weighted by molar-refractivity contribution is 8.04. The molecule has 1 aromatic carbocycles. The van der Waals surface area contributed by atoms with E-state index in [9.17, 15) is 9.59 Å². The highest BCUT2D eigenvalue weighted by Crippen LogP contribution is 2.36. The Morgan fingerprint density at radius 2 is 1.73 bits per heavy atom. The van der Waals surface area contributed by atoms with Gasteiger partial charge in [-0.15, -0.1) is 11.8 Å². The van der Waals surface area contributed by atoms with E-state index < -0.39 is 0 Å². The molecule has 0 unspecified atom stereocenters. The van der Waals surface area contributed by atoms with Crippen molar-refractivity contribution in [2.45, 2.75) is 47.0 Å². The van der Waals surface area contributed by atoms with Crippen molar-refractivity contribution in [3.63, 3.8) is 0 Å². The zero-order valence-corrected chi connectivity index (χ0v) is 17.0. The molecule has 0 atom stereocenters. The summed E-state index contributed by atoms with van der Waals surface area (Å²) in [6.07, 6.45) is 2.93. The smallest absolute Gasteiger partial charge is 0.267 e. The van der Waals surface area contributed by atoms with E-state index >= 15 is 0 Å². The summed E-state index contributed by atoms with van der Waals surface area (Å²) in [5.74, 6) is 1.68. The Balaban J connectivity index is 2.23. The average Bonchev–Trinajstić information content (AvgIpc) is 2.85. The maximum Gasteiger partial charge on any atom is 0.267 e. The molecule has 142 valence electrons. The fourth-order valence-corrected chi connectivity index (χ4v) is 3.66. The van der Waals surface area contributed by atoms with Gasteiger partial charge in [0, 0.05) is 6.54 Å². The van der Waals surface area contributed by atoms with Gasteiger partial charge in [0.05, 0.1) is 17.1 Å². The number of ether oxygens (including phenoxy) is 1. The number of benzene rings is 1. The van der Waals surface area contributed by atoms with E-state index in [2.05, 4.69) is 20.8 Å². The van der Waals surface area contributed by atoms with Crippen molar-refractivity contribution in [1.82, 2.24) is 4.90 Å². The molecule has 0 bridgehead atoms.